The van der Waals surface area contributed by atoms with Gasteiger partial charge in [0.2, 0.25) is 0 Å². The molecule has 0 aliphatic carbocycles. The Kier molecular flexibility index (Phi) is 5.11. The fraction of sp³-hybridized carbons (Fsp3) is 0.478. The molecular formula is C23H28N2O3. The van der Waals surface area contributed by atoms with Gasteiger partial charge in [-0.2, -0.15) is 0 Å². The van der Waals surface area contributed by atoms with Crippen LogP contribution in [0.5, 0.6) is 0 Å². The predicted octanol–water partition coefficient (Wildman–Crippen LogP) is 4.76. The number of hydrogen-bond acceptors (Lipinski definition) is 4. The molecule has 3 heterocycles. The molecule has 0 radical (unpaired) electrons. The molecule has 5 heteroatoms. The Labute approximate surface area is 166 Å². The van der Waals surface area contributed by atoms with Crippen LogP contribution >= 0.6 is 0 Å². The molecular weight excluding hydrogens is 352 g/mol. The third-order valence-electron chi connectivity index (χ3n) is 5.36. The summed E-state index contributed by atoms with van der Waals surface area (Å²) >= 11 is 0. The van der Waals surface area contributed by atoms with E-state index in [0.717, 1.165) is 37.1 Å². The highest BCUT2D eigenvalue weighted by Gasteiger charge is 2.40. The first-order valence-electron chi connectivity index (χ1n) is 10.1. The Bertz CT molecular complexity index is 845. The Morgan fingerprint density at radius 3 is 2.86 bits per heavy atom. The predicted molar refractivity (Wildman–Crippen MR) is 108 cm³/mol. The van der Waals surface area contributed by atoms with Crippen molar-refractivity contribution in [1.29, 1.82) is 0 Å². The van der Waals surface area contributed by atoms with Crippen LogP contribution in [0.3, 0.4) is 0 Å². The molecule has 148 valence electrons. The number of ether oxygens (including phenoxy) is 2. The lowest BCUT2D eigenvalue weighted by Crippen LogP contribution is -2.43. The van der Waals surface area contributed by atoms with Crippen LogP contribution in [0.25, 0.3) is 11.3 Å². The minimum absolute atomic E-state index is 0.0228. The smallest absolute Gasteiger partial charge is 0.410 e. The van der Waals surface area contributed by atoms with Crippen LogP contribution in [0.1, 0.15) is 50.8 Å². The van der Waals surface area contributed by atoms with E-state index in [4.69, 9.17) is 9.47 Å². The Morgan fingerprint density at radius 2 is 2.11 bits per heavy atom. The van der Waals surface area contributed by atoms with Crippen molar-refractivity contribution in [2.45, 2.75) is 57.8 Å². The molecule has 2 atom stereocenters. The van der Waals surface area contributed by atoms with E-state index in [1.807, 2.05) is 50.1 Å². The molecule has 2 aliphatic rings. The molecule has 2 aromatic rings. The Morgan fingerprint density at radius 1 is 1.25 bits per heavy atom. The quantitative estimate of drug-likeness (QED) is 0.754. The van der Waals surface area contributed by atoms with Crippen LogP contribution in [-0.4, -0.2) is 40.8 Å². The summed E-state index contributed by atoms with van der Waals surface area (Å²) in [5, 5.41) is 0. The molecule has 2 aliphatic heterocycles. The van der Waals surface area contributed by atoms with Crippen molar-refractivity contribution in [3.63, 3.8) is 0 Å². The zero-order valence-corrected chi connectivity index (χ0v) is 16.9. The molecule has 1 aromatic carbocycles. The van der Waals surface area contributed by atoms with Crippen LogP contribution in [0.15, 0.2) is 42.6 Å². The normalized spacial score (nSPS) is 22.0. The van der Waals surface area contributed by atoms with Crippen molar-refractivity contribution < 1.29 is 14.3 Å². The van der Waals surface area contributed by atoms with E-state index in [2.05, 4.69) is 23.2 Å². The van der Waals surface area contributed by atoms with Gasteiger partial charge in [0.05, 0.1) is 18.3 Å². The van der Waals surface area contributed by atoms with Gasteiger partial charge in [-0.3, -0.25) is 4.98 Å². The zero-order chi connectivity index (χ0) is 19.7. The largest absolute Gasteiger partial charge is 0.444 e. The zero-order valence-electron chi connectivity index (χ0n) is 16.9. The summed E-state index contributed by atoms with van der Waals surface area (Å²) in [6.07, 6.45) is 4.27. The Hall–Kier alpha value is -2.40. The highest BCUT2D eigenvalue weighted by molar-refractivity contribution is 5.69. The van der Waals surface area contributed by atoms with Crippen LogP contribution in [-0.2, 0) is 15.9 Å². The summed E-state index contributed by atoms with van der Waals surface area (Å²) in [4.78, 5) is 19.0. The molecule has 0 spiro atoms. The van der Waals surface area contributed by atoms with Crippen molar-refractivity contribution in [2.75, 3.05) is 13.2 Å². The lowest BCUT2D eigenvalue weighted by atomic mass is 9.90. The molecule has 0 N–H and O–H groups in total. The molecule has 1 fully saturated rings. The van der Waals surface area contributed by atoms with E-state index >= 15 is 0 Å². The summed E-state index contributed by atoms with van der Waals surface area (Å²) in [7, 11) is 0. The minimum Gasteiger partial charge on any atom is -0.444 e. The summed E-state index contributed by atoms with van der Waals surface area (Å²) < 4.78 is 11.8. The molecule has 5 nitrogen and oxygen atoms in total. The number of carbonyl (C=O) groups is 1. The third-order valence-corrected chi connectivity index (χ3v) is 5.36. The monoisotopic (exact) mass is 380 g/mol. The second-order valence-electron chi connectivity index (χ2n) is 8.55. The second kappa shape index (κ2) is 7.55. The number of aromatic nitrogens is 1. The lowest BCUT2D eigenvalue weighted by molar-refractivity contribution is -0.0265. The average Bonchev–Trinajstić information content (AvgIpc) is 3.16. The van der Waals surface area contributed by atoms with E-state index in [0.29, 0.717) is 6.61 Å². The van der Waals surface area contributed by atoms with Crippen molar-refractivity contribution >= 4 is 6.09 Å². The number of amides is 1. The lowest BCUT2D eigenvalue weighted by Gasteiger charge is -2.36. The number of fused-ring (bicyclic) bond motifs is 1. The van der Waals surface area contributed by atoms with E-state index in [1.54, 1.807) is 0 Å². The maximum absolute atomic E-state index is 12.7. The van der Waals surface area contributed by atoms with Gasteiger partial charge in [0, 0.05) is 18.3 Å². The first-order valence-corrected chi connectivity index (χ1v) is 10.1. The number of nitrogens with zero attached hydrogens (tertiary/aromatic N) is 2. The number of pyridine rings is 1. The topological polar surface area (TPSA) is 51.7 Å². The molecule has 0 saturated carbocycles. The highest BCUT2D eigenvalue weighted by atomic mass is 16.6. The molecule has 1 amide bonds. The summed E-state index contributed by atoms with van der Waals surface area (Å²) in [5.74, 6) is 0. The highest BCUT2D eigenvalue weighted by Crippen LogP contribution is 2.38. The van der Waals surface area contributed by atoms with Crippen molar-refractivity contribution in [3.05, 3.63) is 53.7 Å². The SMILES string of the molecule is CC(C)(C)OC(=O)N1CCC[C@H]1[C@H]1OCCc2cc(-c3ccccn3)ccc21. The molecule has 0 bridgehead atoms. The molecule has 1 saturated heterocycles. The number of hydrogen-bond donors (Lipinski definition) is 0. The maximum Gasteiger partial charge on any atom is 0.410 e. The van der Waals surface area contributed by atoms with E-state index in [1.165, 1.54) is 11.1 Å². The van der Waals surface area contributed by atoms with Gasteiger partial charge in [0.25, 0.3) is 0 Å². The maximum atomic E-state index is 12.7. The molecule has 1 aromatic heterocycles. The number of benzene rings is 1. The van der Waals surface area contributed by atoms with Crippen LogP contribution in [0, 0.1) is 0 Å². The fourth-order valence-corrected chi connectivity index (χ4v) is 4.15. The van der Waals surface area contributed by atoms with Crippen LogP contribution in [0.2, 0.25) is 0 Å². The average molecular weight is 380 g/mol. The molecule has 0 unspecified atom stereocenters. The standard InChI is InChI=1S/C23H28N2O3/c1-23(2,3)28-22(26)25-13-6-8-20(25)21-18-10-9-17(15-16(18)11-14-27-21)19-7-4-5-12-24-19/h4-5,7,9-10,12,15,20-21H,6,8,11,13-14H2,1-3H3/t20-,21-/m0/s1. The Balaban J connectivity index is 1.59. The number of carbonyl (C=O) groups excluding carboxylic acids is 1. The van der Waals surface area contributed by atoms with Gasteiger partial charge in [0.15, 0.2) is 0 Å². The van der Waals surface area contributed by atoms with E-state index in [9.17, 15) is 4.79 Å². The van der Waals surface area contributed by atoms with Crippen LogP contribution < -0.4 is 0 Å². The van der Waals surface area contributed by atoms with Crippen LogP contribution in [0.4, 0.5) is 4.79 Å². The van der Waals surface area contributed by atoms with Gasteiger partial charge in [-0.1, -0.05) is 18.2 Å². The third kappa shape index (κ3) is 3.90. The summed E-state index contributed by atoms with van der Waals surface area (Å²) in [5.41, 5.74) is 4.08. The molecule has 28 heavy (non-hydrogen) atoms. The summed E-state index contributed by atoms with van der Waals surface area (Å²) in [6, 6.07) is 12.5. The number of rotatable bonds is 2. The fourth-order valence-electron chi connectivity index (χ4n) is 4.15. The minimum atomic E-state index is -0.493. The summed E-state index contributed by atoms with van der Waals surface area (Å²) in [6.45, 7) is 7.10. The van der Waals surface area contributed by atoms with Gasteiger partial charge in [0.1, 0.15) is 11.7 Å². The second-order valence-corrected chi connectivity index (χ2v) is 8.55. The van der Waals surface area contributed by atoms with Crippen molar-refractivity contribution in [2.24, 2.45) is 0 Å². The van der Waals surface area contributed by atoms with Crippen molar-refractivity contribution in [3.8, 4) is 11.3 Å². The van der Waals surface area contributed by atoms with Crippen molar-refractivity contribution in [1.82, 2.24) is 9.88 Å². The van der Waals surface area contributed by atoms with Gasteiger partial charge >= 0.3 is 6.09 Å². The molecule has 4 rings (SSSR count). The van der Waals surface area contributed by atoms with Gasteiger partial charge < -0.3 is 14.4 Å². The van der Waals surface area contributed by atoms with E-state index < -0.39 is 5.60 Å². The van der Waals surface area contributed by atoms with Gasteiger partial charge in [-0.25, -0.2) is 4.79 Å². The van der Waals surface area contributed by atoms with Gasteiger partial charge in [-0.15, -0.1) is 0 Å². The number of likely N-dealkylation sites (tertiary alicyclic amines) is 1. The first-order chi connectivity index (χ1) is 13.4. The van der Waals surface area contributed by atoms with Gasteiger partial charge in [-0.05, 0) is 69.4 Å². The first kappa shape index (κ1) is 18.9. The van der Waals surface area contributed by atoms with E-state index in [-0.39, 0.29) is 18.2 Å².